The van der Waals surface area contributed by atoms with Crippen molar-refractivity contribution in [3.05, 3.63) is 24.3 Å². The van der Waals surface area contributed by atoms with E-state index in [-0.39, 0.29) is 0 Å². The minimum atomic E-state index is 0.798. The third-order valence-corrected chi connectivity index (χ3v) is 3.78. The van der Waals surface area contributed by atoms with E-state index in [4.69, 9.17) is 17.0 Å². The molecule has 98 valence electrons. The highest BCUT2D eigenvalue weighted by Gasteiger charge is 2.18. The maximum absolute atomic E-state index is 5.46. The van der Waals surface area contributed by atoms with E-state index < -0.39 is 0 Å². The molecule has 0 bridgehead atoms. The molecule has 0 unspecified atom stereocenters. The molecular formula is C14H20N2OS. The van der Waals surface area contributed by atoms with Crippen LogP contribution in [0.1, 0.15) is 19.8 Å². The van der Waals surface area contributed by atoms with E-state index in [2.05, 4.69) is 17.1 Å². The first kappa shape index (κ1) is 13.1. The van der Waals surface area contributed by atoms with Crippen molar-refractivity contribution in [2.24, 2.45) is 5.92 Å². The summed E-state index contributed by atoms with van der Waals surface area (Å²) in [4.78, 5) is 2.24. The van der Waals surface area contributed by atoms with Crippen LogP contribution < -0.4 is 10.1 Å². The van der Waals surface area contributed by atoms with Crippen LogP contribution in [-0.4, -0.2) is 30.2 Å². The fraction of sp³-hybridized carbons (Fsp3) is 0.500. The highest BCUT2D eigenvalue weighted by atomic mass is 32.1. The summed E-state index contributed by atoms with van der Waals surface area (Å²) in [6, 6.07) is 7.85. The lowest BCUT2D eigenvalue weighted by Crippen LogP contribution is -2.40. The Balaban J connectivity index is 1.98. The van der Waals surface area contributed by atoms with Crippen molar-refractivity contribution < 1.29 is 4.74 Å². The molecule has 2 rings (SSSR count). The topological polar surface area (TPSA) is 24.5 Å². The van der Waals surface area contributed by atoms with E-state index in [9.17, 15) is 0 Å². The Morgan fingerprint density at radius 1 is 1.33 bits per heavy atom. The Morgan fingerprint density at radius 3 is 2.67 bits per heavy atom. The summed E-state index contributed by atoms with van der Waals surface area (Å²) in [6.07, 6.45) is 2.43. The number of anilines is 1. The first-order chi connectivity index (χ1) is 8.70. The Morgan fingerprint density at radius 2 is 2.00 bits per heavy atom. The first-order valence-electron chi connectivity index (χ1n) is 6.39. The average Bonchev–Trinajstić information content (AvgIpc) is 2.40. The molecule has 1 aromatic rings. The van der Waals surface area contributed by atoms with E-state index >= 15 is 0 Å². The Labute approximate surface area is 114 Å². The standard InChI is InChI=1S/C14H20N2OS/c1-11-7-9-16(10-8-11)14(18)15-12-5-3-4-6-13(12)17-2/h3-6,11H,7-10H2,1-2H3,(H,15,18). The van der Waals surface area contributed by atoms with Crippen LogP contribution in [0.5, 0.6) is 5.75 Å². The number of hydrogen-bond acceptors (Lipinski definition) is 2. The number of benzene rings is 1. The van der Waals surface area contributed by atoms with Gasteiger partial charge in [-0.25, -0.2) is 0 Å². The Kier molecular flexibility index (Phi) is 4.42. The third kappa shape index (κ3) is 3.13. The van der Waals surface area contributed by atoms with Crippen LogP contribution in [0.25, 0.3) is 0 Å². The normalized spacial score (nSPS) is 16.4. The molecule has 0 spiro atoms. The number of ether oxygens (including phenoxy) is 1. The molecule has 3 nitrogen and oxygen atoms in total. The lowest BCUT2D eigenvalue weighted by Gasteiger charge is -2.32. The minimum Gasteiger partial charge on any atom is -0.495 e. The lowest BCUT2D eigenvalue weighted by atomic mass is 10.00. The molecule has 1 aliphatic heterocycles. The van der Waals surface area contributed by atoms with Gasteiger partial charge in [-0.15, -0.1) is 0 Å². The van der Waals surface area contributed by atoms with E-state index in [1.165, 1.54) is 12.8 Å². The molecule has 0 radical (unpaired) electrons. The summed E-state index contributed by atoms with van der Waals surface area (Å²) < 4.78 is 5.31. The number of hydrogen-bond donors (Lipinski definition) is 1. The largest absolute Gasteiger partial charge is 0.495 e. The van der Waals surface area contributed by atoms with Crippen LogP contribution in [0.3, 0.4) is 0 Å². The van der Waals surface area contributed by atoms with Gasteiger partial charge >= 0.3 is 0 Å². The number of thiocarbonyl (C=S) groups is 1. The average molecular weight is 264 g/mol. The second-order valence-corrected chi connectivity index (χ2v) is 5.19. The Hall–Kier alpha value is -1.29. The number of para-hydroxylation sites is 2. The van der Waals surface area contributed by atoms with Crippen molar-refractivity contribution in [3.8, 4) is 5.75 Å². The van der Waals surface area contributed by atoms with Crippen LogP contribution in [0.4, 0.5) is 5.69 Å². The van der Waals surface area contributed by atoms with Crippen LogP contribution in [0, 0.1) is 5.92 Å². The number of methoxy groups -OCH3 is 1. The number of nitrogens with zero attached hydrogens (tertiary/aromatic N) is 1. The predicted molar refractivity (Wildman–Crippen MR) is 79.2 cm³/mol. The maximum atomic E-state index is 5.46. The van der Waals surface area contributed by atoms with Crippen LogP contribution in [0.15, 0.2) is 24.3 Å². The van der Waals surface area contributed by atoms with Gasteiger partial charge in [0.25, 0.3) is 0 Å². The van der Waals surface area contributed by atoms with Crippen LogP contribution in [-0.2, 0) is 0 Å². The van der Waals surface area contributed by atoms with Crippen molar-refractivity contribution >= 4 is 23.0 Å². The smallest absolute Gasteiger partial charge is 0.173 e. The van der Waals surface area contributed by atoms with Crippen molar-refractivity contribution in [1.29, 1.82) is 0 Å². The molecule has 1 aliphatic rings. The molecule has 0 atom stereocenters. The SMILES string of the molecule is COc1ccccc1NC(=S)N1CCC(C)CC1. The monoisotopic (exact) mass is 264 g/mol. The lowest BCUT2D eigenvalue weighted by molar-refractivity contribution is 0.283. The molecule has 1 aromatic carbocycles. The molecule has 0 aromatic heterocycles. The summed E-state index contributed by atoms with van der Waals surface area (Å²) in [5, 5.41) is 4.08. The van der Waals surface area contributed by atoms with E-state index in [0.29, 0.717) is 0 Å². The van der Waals surface area contributed by atoms with E-state index in [0.717, 1.165) is 35.6 Å². The molecule has 1 N–H and O–H groups in total. The van der Waals surface area contributed by atoms with Crippen LogP contribution in [0.2, 0.25) is 0 Å². The number of piperidine rings is 1. The van der Waals surface area contributed by atoms with Gasteiger partial charge in [0, 0.05) is 13.1 Å². The maximum Gasteiger partial charge on any atom is 0.173 e. The molecule has 1 saturated heterocycles. The highest BCUT2D eigenvalue weighted by Crippen LogP contribution is 2.24. The first-order valence-corrected chi connectivity index (χ1v) is 6.80. The molecule has 0 saturated carbocycles. The third-order valence-electron chi connectivity index (χ3n) is 3.42. The van der Waals surface area contributed by atoms with Gasteiger partial charge in [0.05, 0.1) is 12.8 Å². The Bertz CT molecular complexity index is 414. The van der Waals surface area contributed by atoms with Gasteiger partial charge in [-0.1, -0.05) is 19.1 Å². The van der Waals surface area contributed by atoms with Crippen molar-refractivity contribution in [3.63, 3.8) is 0 Å². The quantitative estimate of drug-likeness (QED) is 0.830. The fourth-order valence-electron chi connectivity index (χ4n) is 2.15. The minimum absolute atomic E-state index is 0.798. The summed E-state index contributed by atoms with van der Waals surface area (Å²) in [5.41, 5.74) is 0.934. The number of likely N-dealkylation sites (tertiary alicyclic amines) is 1. The molecule has 4 heteroatoms. The zero-order chi connectivity index (χ0) is 13.0. The summed E-state index contributed by atoms with van der Waals surface area (Å²) in [5.74, 6) is 1.64. The molecule has 1 heterocycles. The second kappa shape index (κ2) is 6.05. The van der Waals surface area contributed by atoms with Crippen molar-refractivity contribution in [2.75, 3.05) is 25.5 Å². The number of nitrogens with one attached hydrogen (secondary N) is 1. The second-order valence-electron chi connectivity index (χ2n) is 4.80. The summed E-state index contributed by atoms with van der Waals surface area (Å²) in [7, 11) is 1.67. The fourth-order valence-corrected chi connectivity index (χ4v) is 2.45. The van der Waals surface area contributed by atoms with Gasteiger partial charge in [-0.2, -0.15) is 0 Å². The van der Waals surface area contributed by atoms with Gasteiger partial charge in [0.1, 0.15) is 5.75 Å². The zero-order valence-electron chi connectivity index (χ0n) is 11.0. The molecule has 0 aliphatic carbocycles. The van der Waals surface area contributed by atoms with Gasteiger partial charge in [0.2, 0.25) is 0 Å². The van der Waals surface area contributed by atoms with Crippen LogP contribution >= 0.6 is 12.2 Å². The van der Waals surface area contributed by atoms with Gasteiger partial charge in [-0.05, 0) is 43.1 Å². The van der Waals surface area contributed by atoms with Crippen molar-refractivity contribution in [2.45, 2.75) is 19.8 Å². The molecule has 0 amide bonds. The van der Waals surface area contributed by atoms with Crippen molar-refractivity contribution in [1.82, 2.24) is 4.90 Å². The highest BCUT2D eigenvalue weighted by molar-refractivity contribution is 7.80. The molecule has 1 fully saturated rings. The zero-order valence-corrected chi connectivity index (χ0v) is 11.8. The van der Waals surface area contributed by atoms with E-state index in [1.807, 2.05) is 24.3 Å². The predicted octanol–water partition coefficient (Wildman–Crippen LogP) is 3.12. The van der Waals surface area contributed by atoms with Gasteiger partial charge < -0.3 is 15.0 Å². The molecule has 18 heavy (non-hydrogen) atoms. The molecular weight excluding hydrogens is 244 g/mol. The van der Waals surface area contributed by atoms with Gasteiger partial charge in [-0.3, -0.25) is 0 Å². The summed E-state index contributed by atoms with van der Waals surface area (Å²) >= 11 is 5.46. The van der Waals surface area contributed by atoms with E-state index in [1.54, 1.807) is 7.11 Å². The summed E-state index contributed by atoms with van der Waals surface area (Å²) in [6.45, 7) is 4.39. The number of rotatable bonds is 2. The van der Waals surface area contributed by atoms with Gasteiger partial charge in [0.15, 0.2) is 5.11 Å².